The van der Waals surface area contributed by atoms with Crippen molar-refractivity contribution in [2.24, 2.45) is 0 Å². The first-order valence-corrected chi connectivity index (χ1v) is 9.24. The van der Waals surface area contributed by atoms with Crippen molar-refractivity contribution in [2.45, 2.75) is 12.7 Å². The normalized spacial score (nSPS) is 11.6. The van der Waals surface area contributed by atoms with Crippen LogP contribution in [0.25, 0.3) is 11.1 Å². The van der Waals surface area contributed by atoms with Gasteiger partial charge in [-0.15, -0.1) is 0 Å². The minimum atomic E-state index is -1.28. The minimum absolute atomic E-state index is 0.0752. The molecule has 0 saturated heterocycles. The second-order valence-corrected chi connectivity index (χ2v) is 6.68. The topological polar surface area (TPSA) is 72.8 Å². The van der Waals surface area contributed by atoms with E-state index in [0.29, 0.717) is 10.6 Å². The molecule has 148 valence electrons. The molecule has 29 heavy (non-hydrogen) atoms. The van der Waals surface area contributed by atoms with Crippen molar-refractivity contribution >= 4 is 23.5 Å². The van der Waals surface area contributed by atoms with Crippen molar-refractivity contribution in [2.75, 3.05) is 7.11 Å². The van der Waals surface area contributed by atoms with Crippen LogP contribution in [0.4, 0.5) is 0 Å². The van der Waals surface area contributed by atoms with Gasteiger partial charge < -0.3 is 14.6 Å². The summed E-state index contributed by atoms with van der Waals surface area (Å²) in [5.41, 5.74) is 3.02. The van der Waals surface area contributed by atoms with Crippen LogP contribution in [0.2, 0.25) is 5.02 Å². The van der Waals surface area contributed by atoms with Gasteiger partial charge in [0.1, 0.15) is 0 Å². The van der Waals surface area contributed by atoms with Crippen molar-refractivity contribution in [3.63, 3.8) is 0 Å². The SMILES string of the molecule is COC(=O)C(OC(=O)c1cccc(-c2cccc(CO)c2)c1)c1ccccc1Cl. The number of aliphatic hydroxyl groups is 1. The first-order valence-electron chi connectivity index (χ1n) is 8.87. The summed E-state index contributed by atoms with van der Waals surface area (Å²) in [6.07, 6.45) is -1.28. The molecule has 0 fully saturated rings. The van der Waals surface area contributed by atoms with Crippen molar-refractivity contribution in [1.82, 2.24) is 0 Å². The predicted molar refractivity (Wildman–Crippen MR) is 109 cm³/mol. The highest BCUT2D eigenvalue weighted by Gasteiger charge is 2.28. The number of rotatable bonds is 6. The Morgan fingerprint density at radius 1 is 0.966 bits per heavy atom. The molecule has 0 amide bonds. The van der Waals surface area contributed by atoms with Crippen LogP contribution in [0.1, 0.15) is 27.6 Å². The molecule has 0 spiro atoms. The van der Waals surface area contributed by atoms with Crippen LogP contribution in [0.5, 0.6) is 0 Å². The molecular formula is C23H19ClO5. The molecule has 0 saturated carbocycles. The van der Waals surface area contributed by atoms with Crippen LogP contribution in [-0.4, -0.2) is 24.2 Å². The van der Waals surface area contributed by atoms with Crippen LogP contribution in [0, 0.1) is 0 Å². The molecule has 3 aromatic carbocycles. The number of hydrogen-bond donors (Lipinski definition) is 1. The van der Waals surface area contributed by atoms with Gasteiger partial charge in [0, 0.05) is 10.6 Å². The van der Waals surface area contributed by atoms with Gasteiger partial charge in [-0.05, 0) is 41.0 Å². The lowest BCUT2D eigenvalue weighted by Crippen LogP contribution is -2.21. The first kappa shape index (κ1) is 20.6. The lowest BCUT2D eigenvalue weighted by Gasteiger charge is -2.17. The summed E-state index contributed by atoms with van der Waals surface area (Å²) < 4.78 is 10.2. The van der Waals surface area contributed by atoms with Crippen LogP contribution in [-0.2, 0) is 20.9 Å². The Hall–Kier alpha value is -3.15. The third kappa shape index (κ3) is 4.83. The molecular weight excluding hydrogens is 392 g/mol. The number of methoxy groups -OCH3 is 1. The van der Waals surface area contributed by atoms with E-state index in [2.05, 4.69) is 0 Å². The van der Waals surface area contributed by atoms with Crippen molar-refractivity contribution in [3.8, 4) is 11.1 Å². The van der Waals surface area contributed by atoms with Gasteiger partial charge in [0.2, 0.25) is 6.10 Å². The molecule has 0 aliphatic rings. The Morgan fingerprint density at radius 2 is 1.66 bits per heavy atom. The van der Waals surface area contributed by atoms with Gasteiger partial charge in [-0.2, -0.15) is 0 Å². The molecule has 0 aromatic heterocycles. The lowest BCUT2D eigenvalue weighted by molar-refractivity contribution is -0.151. The van der Waals surface area contributed by atoms with E-state index in [1.54, 1.807) is 42.5 Å². The highest BCUT2D eigenvalue weighted by atomic mass is 35.5. The number of esters is 2. The number of carbonyl (C=O) groups is 2. The van der Waals surface area contributed by atoms with E-state index < -0.39 is 18.0 Å². The average molecular weight is 411 g/mol. The maximum atomic E-state index is 12.8. The van der Waals surface area contributed by atoms with Crippen molar-refractivity contribution in [3.05, 3.63) is 94.5 Å². The average Bonchev–Trinajstić information content (AvgIpc) is 2.77. The van der Waals surface area contributed by atoms with Gasteiger partial charge in [-0.3, -0.25) is 0 Å². The number of carbonyl (C=O) groups excluding carboxylic acids is 2. The van der Waals surface area contributed by atoms with E-state index in [1.165, 1.54) is 7.11 Å². The molecule has 1 atom stereocenters. The summed E-state index contributed by atoms with van der Waals surface area (Å²) >= 11 is 6.16. The maximum absolute atomic E-state index is 12.8. The van der Waals surface area contributed by atoms with Crippen LogP contribution < -0.4 is 0 Å². The molecule has 0 bridgehead atoms. The van der Waals surface area contributed by atoms with Gasteiger partial charge in [0.05, 0.1) is 19.3 Å². The van der Waals surface area contributed by atoms with E-state index in [4.69, 9.17) is 21.1 Å². The Labute approximate surface area is 173 Å². The van der Waals surface area contributed by atoms with E-state index in [0.717, 1.165) is 16.7 Å². The van der Waals surface area contributed by atoms with E-state index >= 15 is 0 Å². The molecule has 1 N–H and O–H groups in total. The van der Waals surface area contributed by atoms with E-state index in [-0.39, 0.29) is 12.2 Å². The van der Waals surface area contributed by atoms with Gasteiger partial charge >= 0.3 is 11.9 Å². The monoisotopic (exact) mass is 410 g/mol. The Bertz CT molecular complexity index is 1030. The number of ether oxygens (including phenoxy) is 2. The maximum Gasteiger partial charge on any atom is 0.352 e. The second kappa shape index (κ2) is 9.37. The number of hydrogen-bond acceptors (Lipinski definition) is 5. The fraction of sp³-hybridized carbons (Fsp3) is 0.130. The summed E-state index contributed by atoms with van der Waals surface area (Å²) in [6, 6.07) is 20.8. The summed E-state index contributed by atoms with van der Waals surface area (Å²) in [5, 5.41) is 9.62. The Morgan fingerprint density at radius 3 is 2.34 bits per heavy atom. The standard InChI is InChI=1S/C23H19ClO5/c1-28-23(27)21(19-10-2-3-11-20(19)24)29-22(26)18-9-5-8-17(13-18)16-7-4-6-15(12-16)14-25/h2-13,21,25H,14H2,1H3. The summed E-state index contributed by atoms with van der Waals surface area (Å²) in [4.78, 5) is 25.0. The molecule has 3 aromatic rings. The zero-order chi connectivity index (χ0) is 20.8. The van der Waals surface area contributed by atoms with Crippen LogP contribution >= 0.6 is 11.6 Å². The molecule has 5 nitrogen and oxygen atoms in total. The van der Waals surface area contributed by atoms with Gasteiger partial charge in [0.15, 0.2) is 0 Å². The molecule has 0 aliphatic carbocycles. The smallest absolute Gasteiger partial charge is 0.352 e. The Kier molecular flexibility index (Phi) is 6.65. The largest absolute Gasteiger partial charge is 0.466 e. The van der Waals surface area contributed by atoms with E-state index in [9.17, 15) is 14.7 Å². The predicted octanol–water partition coefficient (Wildman–Crippen LogP) is 4.57. The summed E-state index contributed by atoms with van der Waals surface area (Å²) in [6.45, 7) is -0.0752. The summed E-state index contributed by atoms with van der Waals surface area (Å²) in [7, 11) is 1.22. The van der Waals surface area contributed by atoms with Crippen LogP contribution in [0.3, 0.4) is 0 Å². The zero-order valence-electron chi connectivity index (χ0n) is 15.7. The molecule has 3 rings (SSSR count). The van der Waals surface area contributed by atoms with Gasteiger partial charge in [0.25, 0.3) is 0 Å². The second-order valence-electron chi connectivity index (χ2n) is 6.27. The molecule has 1 unspecified atom stereocenters. The molecule has 0 radical (unpaired) electrons. The highest BCUT2D eigenvalue weighted by molar-refractivity contribution is 6.31. The van der Waals surface area contributed by atoms with Crippen molar-refractivity contribution in [1.29, 1.82) is 0 Å². The number of aliphatic hydroxyl groups excluding tert-OH is 1. The molecule has 0 aliphatic heterocycles. The fourth-order valence-corrected chi connectivity index (χ4v) is 3.12. The third-order valence-corrected chi connectivity index (χ3v) is 4.71. The van der Waals surface area contributed by atoms with Crippen molar-refractivity contribution < 1.29 is 24.2 Å². The molecule has 6 heteroatoms. The van der Waals surface area contributed by atoms with Gasteiger partial charge in [-0.1, -0.05) is 60.1 Å². The van der Waals surface area contributed by atoms with Crippen LogP contribution in [0.15, 0.2) is 72.8 Å². The quantitative estimate of drug-likeness (QED) is 0.602. The third-order valence-electron chi connectivity index (χ3n) is 4.37. The zero-order valence-corrected chi connectivity index (χ0v) is 16.4. The fourth-order valence-electron chi connectivity index (χ4n) is 2.88. The lowest BCUT2D eigenvalue weighted by atomic mass is 10.0. The Balaban J connectivity index is 1.89. The highest BCUT2D eigenvalue weighted by Crippen LogP contribution is 2.28. The van der Waals surface area contributed by atoms with E-state index in [1.807, 2.05) is 30.3 Å². The summed E-state index contributed by atoms with van der Waals surface area (Å²) in [5.74, 6) is -1.40. The first-order chi connectivity index (χ1) is 14.0. The number of benzene rings is 3. The number of halogens is 1. The van der Waals surface area contributed by atoms with Gasteiger partial charge in [-0.25, -0.2) is 9.59 Å². The molecule has 0 heterocycles. The minimum Gasteiger partial charge on any atom is -0.466 e.